The molecule has 3 aliphatic heterocycles. The molecule has 5 rings (SSSR count). The molecule has 182 valence electrons. The van der Waals surface area contributed by atoms with Gasteiger partial charge in [0.05, 0.1) is 13.2 Å². The molecule has 35 heavy (non-hydrogen) atoms. The summed E-state index contributed by atoms with van der Waals surface area (Å²) < 4.78 is 11.3. The van der Waals surface area contributed by atoms with E-state index in [1.165, 1.54) is 11.8 Å². The molecule has 3 aliphatic rings. The number of anilines is 2. The smallest absolute Gasteiger partial charge is 0.262 e. The second-order valence-electron chi connectivity index (χ2n) is 8.53. The third-order valence-electron chi connectivity index (χ3n) is 5.91. The van der Waals surface area contributed by atoms with Crippen LogP contribution in [0.25, 0.3) is 0 Å². The van der Waals surface area contributed by atoms with Gasteiger partial charge >= 0.3 is 0 Å². The molecular weight excluding hydrogens is 468 g/mol. The Hall–Kier alpha value is -3.53. The summed E-state index contributed by atoms with van der Waals surface area (Å²) in [6.45, 7) is 2.99. The first-order valence-corrected chi connectivity index (χ1v) is 12.6. The van der Waals surface area contributed by atoms with E-state index in [1.807, 2.05) is 0 Å². The Morgan fingerprint density at radius 1 is 0.943 bits per heavy atom. The van der Waals surface area contributed by atoms with Gasteiger partial charge in [-0.3, -0.25) is 14.4 Å². The van der Waals surface area contributed by atoms with Crippen molar-refractivity contribution in [1.29, 1.82) is 0 Å². The minimum Gasteiger partial charge on any atom is -0.490 e. The zero-order valence-electron chi connectivity index (χ0n) is 19.1. The lowest BCUT2D eigenvalue weighted by Crippen LogP contribution is -2.25. The summed E-state index contributed by atoms with van der Waals surface area (Å²) in [5.74, 6) is 0.469. The van der Waals surface area contributed by atoms with Crippen LogP contribution < -0.4 is 20.1 Å². The van der Waals surface area contributed by atoms with Gasteiger partial charge in [0.15, 0.2) is 16.7 Å². The Kier molecular flexibility index (Phi) is 6.89. The van der Waals surface area contributed by atoms with Crippen molar-refractivity contribution >= 4 is 46.0 Å². The monoisotopic (exact) mass is 494 g/mol. The highest BCUT2D eigenvalue weighted by atomic mass is 32.2. The van der Waals surface area contributed by atoms with Gasteiger partial charge in [0, 0.05) is 48.9 Å². The molecule has 9 nitrogen and oxygen atoms in total. The number of fused-ring (bicyclic) bond motifs is 1. The van der Waals surface area contributed by atoms with E-state index < -0.39 is 5.25 Å². The number of carbonyl (C=O) groups excluding carboxylic acids is 3. The molecule has 2 aromatic rings. The van der Waals surface area contributed by atoms with E-state index in [2.05, 4.69) is 20.5 Å². The number of amidine groups is 1. The zero-order chi connectivity index (χ0) is 24.2. The molecule has 0 unspecified atom stereocenters. The molecule has 3 heterocycles. The quantitative estimate of drug-likeness (QED) is 0.655. The van der Waals surface area contributed by atoms with Crippen molar-refractivity contribution in [3.63, 3.8) is 0 Å². The maximum atomic E-state index is 12.7. The van der Waals surface area contributed by atoms with Gasteiger partial charge in [-0.2, -0.15) is 4.99 Å². The van der Waals surface area contributed by atoms with Crippen LogP contribution in [0.5, 0.6) is 11.5 Å². The fraction of sp³-hybridized carbons (Fsp3) is 0.360. The van der Waals surface area contributed by atoms with Crippen LogP contribution in [0.2, 0.25) is 0 Å². The van der Waals surface area contributed by atoms with Gasteiger partial charge in [0.1, 0.15) is 5.25 Å². The molecule has 0 bridgehead atoms. The summed E-state index contributed by atoms with van der Waals surface area (Å²) in [4.78, 5) is 43.6. The zero-order valence-corrected chi connectivity index (χ0v) is 19.9. The van der Waals surface area contributed by atoms with Crippen molar-refractivity contribution in [3.8, 4) is 11.5 Å². The standard InChI is InChI=1S/C25H26N4O5S/c30-22(15-21-24(32)28-25(35-21)29-10-1-2-11-29)26-17-6-4-16(5-7-17)23(31)27-18-8-9-19-20(14-18)34-13-3-12-33-19/h4-9,14,21H,1-3,10-13,15H2,(H,26,30)(H,27,31)/t21-/m0/s1. The average molecular weight is 495 g/mol. The van der Waals surface area contributed by atoms with Crippen molar-refractivity contribution in [2.75, 3.05) is 36.9 Å². The third-order valence-corrected chi connectivity index (χ3v) is 7.13. The van der Waals surface area contributed by atoms with Crippen LogP contribution in [0.15, 0.2) is 47.5 Å². The third kappa shape index (κ3) is 5.59. The lowest BCUT2D eigenvalue weighted by molar-refractivity contribution is -0.121. The Morgan fingerprint density at radius 3 is 2.43 bits per heavy atom. The van der Waals surface area contributed by atoms with Crippen LogP contribution in [-0.2, 0) is 9.59 Å². The first-order valence-electron chi connectivity index (χ1n) is 11.7. The predicted octanol–water partition coefficient (Wildman–Crippen LogP) is 3.52. The summed E-state index contributed by atoms with van der Waals surface area (Å²) >= 11 is 1.37. The summed E-state index contributed by atoms with van der Waals surface area (Å²) in [5.41, 5.74) is 1.60. The number of nitrogens with one attached hydrogen (secondary N) is 2. The Balaban J connectivity index is 1.13. The molecule has 0 spiro atoms. The predicted molar refractivity (Wildman–Crippen MR) is 134 cm³/mol. The minimum atomic E-state index is -0.494. The molecule has 3 amide bonds. The molecule has 1 saturated heterocycles. The SMILES string of the molecule is O=C(C[C@@H]1SC(N2CCCC2)=NC1=O)Nc1ccc(C(=O)Nc2ccc3c(c2)OCCCO3)cc1. The highest BCUT2D eigenvalue weighted by Crippen LogP contribution is 2.32. The van der Waals surface area contributed by atoms with Crippen LogP contribution in [0.4, 0.5) is 11.4 Å². The summed E-state index contributed by atoms with van der Waals surface area (Å²) in [6.07, 6.45) is 3.06. The number of rotatable bonds is 5. The molecule has 2 N–H and O–H groups in total. The average Bonchev–Trinajstić information content (AvgIpc) is 3.44. The normalized spacial score (nSPS) is 19.2. The van der Waals surface area contributed by atoms with Crippen LogP contribution in [-0.4, -0.2) is 59.3 Å². The van der Waals surface area contributed by atoms with Crippen molar-refractivity contribution in [3.05, 3.63) is 48.0 Å². The van der Waals surface area contributed by atoms with E-state index in [-0.39, 0.29) is 24.1 Å². The van der Waals surface area contributed by atoms with E-state index >= 15 is 0 Å². The number of hydrogen-bond donors (Lipinski definition) is 2. The number of carbonyl (C=O) groups is 3. The molecule has 1 atom stereocenters. The molecule has 2 aromatic carbocycles. The van der Waals surface area contributed by atoms with E-state index in [0.717, 1.165) is 37.5 Å². The van der Waals surface area contributed by atoms with Gasteiger partial charge in [-0.05, 0) is 49.2 Å². The van der Waals surface area contributed by atoms with Crippen LogP contribution in [0.3, 0.4) is 0 Å². The fourth-order valence-corrected chi connectivity index (χ4v) is 5.20. The van der Waals surface area contributed by atoms with Crippen LogP contribution >= 0.6 is 11.8 Å². The van der Waals surface area contributed by atoms with E-state index in [0.29, 0.717) is 41.7 Å². The van der Waals surface area contributed by atoms with E-state index in [9.17, 15) is 14.4 Å². The number of aliphatic imine (C=N–C) groups is 1. The highest BCUT2D eigenvalue weighted by Gasteiger charge is 2.33. The topological polar surface area (TPSA) is 109 Å². The van der Waals surface area contributed by atoms with E-state index in [4.69, 9.17) is 9.47 Å². The van der Waals surface area contributed by atoms with Crippen LogP contribution in [0, 0.1) is 0 Å². The second kappa shape index (κ2) is 10.4. The largest absolute Gasteiger partial charge is 0.490 e. The molecule has 0 aromatic heterocycles. The Bertz CT molecular complexity index is 1160. The minimum absolute atomic E-state index is 0.0523. The molecule has 0 radical (unpaired) electrons. The maximum absolute atomic E-state index is 12.7. The maximum Gasteiger partial charge on any atom is 0.262 e. The Morgan fingerprint density at radius 2 is 1.66 bits per heavy atom. The number of hydrogen-bond acceptors (Lipinski definition) is 7. The first kappa shape index (κ1) is 23.2. The number of ether oxygens (including phenoxy) is 2. The van der Waals surface area contributed by atoms with Gasteiger partial charge < -0.3 is 25.0 Å². The highest BCUT2D eigenvalue weighted by molar-refractivity contribution is 8.15. The summed E-state index contributed by atoms with van der Waals surface area (Å²) in [5, 5.41) is 5.89. The molecule has 1 fully saturated rings. The number of nitrogens with zero attached hydrogens (tertiary/aromatic N) is 2. The lowest BCUT2D eigenvalue weighted by Gasteiger charge is -2.16. The molecule has 10 heteroatoms. The van der Waals surface area contributed by atoms with Crippen molar-refractivity contribution < 1.29 is 23.9 Å². The number of likely N-dealkylation sites (tertiary alicyclic amines) is 1. The number of amides is 3. The summed E-state index contributed by atoms with van der Waals surface area (Å²) in [6, 6.07) is 11.9. The van der Waals surface area contributed by atoms with Gasteiger partial charge in [-0.1, -0.05) is 11.8 Å². The lowest BCUT2D eigenvalue weighted by atomic mass is 10.1. The van der Waals surface area contributed by atoms with Crippen molar-refractivity contribution in [2.45, 2.75) is 30.9 Å². The fourth-order valence-electron chi connectivity index (χ4n) is 4.08. The van der Waals surface area contributed by atoms with Crippen molar-refractivity contribution in [1.82, 2.24) is 4.90 Å². The van der Waals surface area contributed by atoms with Gasteiger partial charge in [-0.15, -0.1) is 0 Å². The summed E-state index contributed by atoms with van der Waals surface area (Å²) in [7, 11) is 0. The van der Waals surface area contributed by atoms with Crippen LogP contribution in [0.1, 0.15) is 36.0 Å². The van der Waals surface area contributed by atoms with Gasteiger partial charge in [0.2, 0.25) is 5.91 Å². The molecular formula is C25H26N4O5S. The Labute approximate surface area is 207 Å². The second-order valence-corrected chi connectivity index (χ2v) is 9.70. The van der Waals surface area contributed by atoms with Crippen molar-refractivity contribution in [2.24, 2.45) is 4.99 Å². The molecule has 0 saturated carbocycles. The van der Waals surface area contributed by atoms with Gasteiger partial charge in [0.25, 0.3) is 11.8 Å². The number of benzene rings is 2. The van der Waals surface area contributed by atoms with E-state index in [1.54, 1.807) is 42.5 Å². The molecule has 0 aliphatic carbocycles. The first-order chi connectivity index (χ1) is 17.0. The number of thioether (sulfide) groups is 1. The van der Waals surface area contributed by atoms with Gasteiger partial charge in [-0.25, -0.2) is 0 Å².